The molecule has 0 spiro atoms. The molecule has 1 saturated heterocycles. The Morgan fingerprint density at radius 3 is 2.38 bits per heavy atom. The molecule has 0 saturated carbocycles. The second kappa shape index (κ2) is 6.68. The van der Waals surface area contributed by atoms with Crippen molar-refractivity contribution >= 4 is 10.0 Å². The summed E-state index contributed by atoms with van der Waals surface area (Å²) in [5.74, 6) is 0. The number of sulfonamides is 1. The summed E-state index contributed by atoms with van der Waals surface area (Å²) in [5.41, 5.74) is 0.171. The molecule has 21 heavy (non-hydrogen) atoms. The molecule has 0 radical (unpaired) electrons. The Morgan fingerprint density at radius 2 is 1.76 bits per heavy atom. The van der Waals surface area contributed by atoms with Crippen LogP contribution in [-0.2, 0) is 10.0 Å². The smallest absolute Gasteiger partial charge is 0.244 e. The maximum atomic E-state index is 12.6. The molecule has 0 amide bonds. The molecule has 7 heteroatoms. The molecule has 110 valence electrons. The van der Waals surface area contributed by atoms with Crippen LogP contribution in [0, 0.1) is 22.7 Å². The minimum Gasteiger partial charge on any atom is -0.300 e. The zero-order valence-electron chi connectivity index (χ0n) is 11.6. The third-order valence-electron chi connectivity index (χ3n) is 3.50. The summed E-state index contributed by atoms with van der Waals surface area (Å²) in [6, 6.07) is 10.3. The Balaban J connectivity index is 2.12. The molecule has 0 aliphatic carbocycles. The Labute approximate surface area is 124 Å². The first-order valence-corrected chi connectivity index (χ1v) is 8.12. The van der Waals surface area contributed by atoms with Gasteiger partial charge in [0.05, 0.1) is 16.5 Å². The normalized spacial score (nSPS) is 17.0. The fourth-order valence-corrected chi connectivity index (χ4v) is 3.89. The van der Waals surface area contributed by atoms with Crippen molar-refractivity contribution < 1.29 is 8.42 Å². The molecule has 1 aliphatic heterocycles. The lowest BCUT2D eigenvalue weighted by molar-refractivity contribution is 0.191. The molecular weight excluding hydrogens is 288 g/mol. The third-order valence-corrected chi connectivity index (χ3v) is 5.45. The molecule has 6 nitrogen and oxygen atoms in total. The standard InChI is InChI=1S/C14H16N4O2S/c15-6-3-7-17-8-10-18(11-9-17)21(19,20)14-5-2-1-4-13(14)12-16/h1-2,4-5H,3,7-11H2. The van der Waals surface area contributed by atoms with E-state index < -0.39 is 10.0 Å². The summed E-state index contributed by atoms with van der Waals surface area (Å²) >= 11 is 0. The van der Waals surface area contributed by atoms with E-state index in [9.17, 15) is 8.42 Å². The summed E-state index contributed by atoms with van der Waals surface area (Å²) in [5, 5.41) is 17.6. The van der Waals surface area contributed by atoms with E-state index in [1.165, 1.54) is 16.4 Å². The topological polar surface area (TPSA) is 88.2 Å². The molecule has 0 bridgehead atoms. The average Bonchev–Trinajstić information content (AvgIpc) is 2.53. The Morgan fingerprint density at radius 1 is 1.10 bits per heavy atom. The van der Waals surface area contributed by atoms with Crippen LogP contribution in [0.4, 0.5) is 0 Å². The molecule has 1 aromatic rings. The zero-order valence-corrected chi connectivity index (χ0v) is 12.4. The van der Waals surface area contributed by atoms with Gasteiger partial charge in [0.2, 0.25) is 10.0 Å². The Hall–Kier alpha value is -1.93. The second-order valence-electron chi connectivity index (χ2n) is 4.76. The molecule has 1 fully saturated rings. The fourth-order valence-electron chi connectivity index (χ4n) is 2.32. The highest BCUT2D eigenvalue weighted by molar-refractivity contribution is 7.89. The van der Waals surface area contributed by atoms with Crippen LogP contribution in [0.25, 0.3) is 0 Å². The van der Waals surface area contributed by atoms with E-state index in [0.717, 1.165) is 0 Å². The summed E-state index contributed by atoms with van der Waals surface area (Å²) in [6.45, 7) is 2.64. The maximum absolute atomic E-state index is 12.6. The predicted octanol–water partition coefficient (Wildman–Crippen LogP) is 0.778. The van der Waals surface area contributed by atoms with Gasteiger partial charge < -0.3 is 0 Å². The van der Waals surface area contributed by atoms with Crippen molar-refractivity contribution in [2.45, 2.75) is 11.3 Å². The van der Waals surface area contributed by atoms with Crippen molar-refractivity contribution in [3.05, 3.63) is 29.8 Å². The molecule has 0 atom stereocenters. The van der Waals surface area contributed by atoms with Crippen LogP contribution in [0.5, 0.6) is 0 Å². The molecule has 0 unspecified atom stereocenters. The SMILES string of the molecule is N#CCCN1CCN(S(=O)(=O)c2ccccc2C#N)CC1. The van der Waals surface area contributed by atoms with Gasteiger partial charge in [0, 0.05) is 39.1 Å². The first-order chi connectivity index (χ1) is 10.1. The maximum Gasteiger partial charge on any atom is 0.244 e. The highest BCUT2D eigenvalue weighted by Gasteiger charge is 2.29. The van der Waals surface area contributed by atoms with Crippen molar-refractivity contribution in [3.8, 4) is 12.1 Å². The molecule has 0 aromatic heterocycles. The number of hydrogen-bond acceptors (Lipinski definition) is 5. The monoisotopic (exact) mass is 304 g/mol. The highest BCUT2D eigenvalue weighted by Crippen LogP contribution is 2.20. The van der Waals surface area contributed by atoms with Crippen molar-refractivity contribution in [2.24, 2.45) is 0 Å². The molecular formula is C14H16N4O2S. The molecule has 2 rings (SSSR count). The van der Waals surface area contributed by atoms with Gasteiger partial charge in [-0.05, 0) is 12.1 Å². The van der Waals surface area contributed by atoms with E-state index in [2.05, 4.69) is 11.0 Å². The summed E-state index contributed by atoms with van der Waals surface area (Å²) in [7, 11) is -3.63. The van der Waals surface area contributed by atoms with Crippen LogP contribution in [-0.4, -0.2) is 50.3 Å². The van der Waals surface area contributed by atoms with Gasteiger partial charge in [-0.1, -0.05) is 12.1 Å². The van der Waals surface area contributed by atoms with Gasteiger partial charge in [-0.2, -0.15) is 14.8 Å². The molecule has 1 aromatic carbocycles. The van der Waals surface area contributed by atoms with Crippen LogP contribution in [0.15, 0.2) is 29.2 Å². The second-order valence-corrected chi connectivity index (χ2v) is 6.67. The van der Waals surface area contributed by atoms with E-state index in [0.29, 0.717) is 39.1 Å². The van der Waals surface area contributed by atoms with Gasteiger partial charge in [-0.15, -0.1) is 0 Å². The zero-order chi connectivity index (χ0) is 15.3. The molecule has 0 N–H and O–H groups in total. The van der Waals surface area contributed by atoms with Gasteiger partial charge in [0.15, 0.2) is 0 Å². The lowest BCUT2D eigenvalue weighted by Crippen LogP contribution is -2.48. The average molecular weight is 304 g/mol. The van der Waals surface area contributed by atoms with Gasteiger partial charge >= 0.3 is 0 Å². The first-order valence-electron chi connectivity index (χ1n) is 6.68. The van der Waals surface area contributed by atoms with Gasteiger partial charge in [-0.3, -0.25) is 4.90 Å². The molecule has 1 aliphatic rings. The van der Waals surface area contributed by atoms with Gasteiger partial charge in [0.25, 0.3) is 0 Å². The number of benzene rings is 1. The van der Waals surface area contributed by atoms with Crippen LogP contribution >= 0.6 is 0 Å². The van der Waals surface area contributed by atoms with Crippen LogP contribution in [0.2, 0.25) is 0 Å². The van der Waals surface area contributed by atoms with Crippen molar-refractivity contribution in [3.63, 3.8) is 0 Å². The van der Waals surface area contributed by atoms with E-state index in [-0.39, 0.29) is 10.5 Å². The van der Waals surface area contributed by atoms with Crippen LogP contribution in [0.1, 0.15) is 12.0 Å². The summed E-state index contributed by atoms with van der Waals surface area (Å²) in [6.07, 6.45) is 0.448. The van der Waals surface area contributed by atoms with Crippen molar-refractivity contribution in [1.29, 1.82) is 10.5 Å². The Kier molecular flexibility index (Phi) is 4.92. The van der Waals surface area contributed by atoms with E-state index >= 15 is 0 Å². The first kappa shape index (κ1) is 15.5. The lowest BCUT2D eigenvalue weighted by Gasteiger charge is -2.33. The third kappa shape index (κ3) is 3.40. The lowest BCUT2D eigenvalue weighted by atomic mass is 10.2. The summed E-state index contributed by atoms with van der Waals surface area (Å²) in [4.78, 5) is 2.14. The summed E-state index contributed by atoms with van der Waals surface area (Å²) < 4.78 is 26.6. The van der Waals surface area contributed by atoms with Gasteiger partial charge in [-0.25, -0.2) is 8.42 Å². The number of nitriles is 2. The van der Waals surface area contributed by atoms with Crippen molar-refractivity contribution in [1.82, 2.24) is 9.21 Å². The number of piperazine rings is 1. The van der Waals surface area contributed by atoms with E-state index in [1.54, 1.807) is 12.1 Å². The van der Waals surface area contributed by atoms with Crippen LogP contribution < -0.4 is 0 Å². The minimum atomic E-state index is -3.63. The number of nitrogens with zero attached hydrogens (tertiary/aromatic N) is 4. The van der Waals surface area contributed by atoms with Crippen LogP contribution in [0.3, 0.4) is 0 Å². The largest absolute Gasteiger partial charge is 0.300 e. The molecule has 1 heterocycles. The Bertz CT molecular complexity index is 680. The number of hydrogen-bond donors (Lipinski definition) is 0. The fraction of sp³-hybridized carbons (Fsp3) is 0.429. The minimum absolute atomic E-state index is 0.0676. The predicted molar refractivity (Wildman–Crippen MR) is 76.6 cm³/mol. The highest BCUT2D eigenvalue weighted by atomic mass is 32.2. The number of rotatable bonds is 4. The van der Waals surface area contributed by atoms with E-state index in [1.807, 2.05) is 6.07 Å². The van der Waals surface area contributed by atoms with E-state index in [4.69, 9.17) is 10.5 Å². The van der Waals surface area contributed by atoms with Crippen molar-refractivity contribution in [2.75, 3.05) is 32.7 Å². The quantitative estimate of drug-likeness (QED) is 0.820. The van der Waals surface area contributed by atoms with Gasteiger partial charge in [0.1, 0.15) is 6.07 Å².